The van der Waals surface area contributed by atoms with Crippen LogP contribution in [0.2, 0.25) is 5.02 Å². The van der Waals surface area contributed by atoms with Gasteiger partial charge >= 0.3 is 18.4 Å². The van der Waals surface area contributed by atoms with Crippen molar-refractivity contribution in [3.8, 4) is 0 Å². The van der Waals surface area contributed by atoms with Crippen LogP contribution in [0.1, 0.15) is 36.0 Å². The van der Waals surface area contributed by atoms with Gasteiger partial charge in [0, 0.05) is 26.2 Å². The number of aromatic nitrogens is 6. The molecule has 6 rings (SSSR count). The molecule has 0 radical (unpaired) electrons. The van der Waals surface area contributed by atoms with Crippen molar-refractivity contribution in [3.05, 3.63) is 68.5 Å². The number of carbonyl (C=O) groups is 2. The number of benzene rings is 1. The van der Waals surface area contributed by atoms with E-state index in [9.17, 15) is 40.7 Å². The van der Waals surface area contributed by atoms with Crippen molar-refractivity contribution in [2.75, 3.05) is 54.9 Å². The van der Waals surface area contributed by atoms with E-state index in [2.05, 4.69) is 30.9 Å². The van der Waals surface area contributed by atoms with Crippen LogP contribution in [0, 0.1) is 0 Å². The van der Waals surface area contributed by atoms with Crippen molar-refractivity contribution < 1.29 is 40.7 Å². The van der Waals surface area contributed by atoms with E-state index < -0.39 is 53.3 Å². The molecule has 3 aromatic heterocycles. The quantitative estimate of drug-likeness (QED) is 0.231. The highest BCUT2D eigenvalue weighted by molar-refractivity contribution is 6.33. The molecule has 3 N–H and O–H groups in total. The lowest BCUT2D eigenvalue weighted by molar-refractivity contribution is -0.138. The Morgan fingerprint density at radius 2 is 1.80 bits per heavy atom. The van der Waals surface area contributed by atoms with Gasteiger partial charge in [-0.2, -0.15) is 40.9 Å². The first-order valence-corrected chi connectivity index (χ1v) is 15.9. The summed E-state index contributed by atoms with van der Waals surface area (Å²) in [6.45, 7) is 2.25. The fraction of sp³-hybridized carbons (Fsp3) is 0.400. The number of hydrogen-bond acceptors (Lipinski definition) is 8. The van der Waals surface area contributed by atoms with Crippen molar-refractivity contribution >= 4 is 52.1 Å². The number of aromatic amines is 1. The zero-order chi connectivity index (χ0) is 36.7. The van der Waals surface area contributed by atoms with E-state index in [0.717, 1.165) is 22.2 Å². The van der Waals surface area contributed by atoms with Crippen LogP contribution in [0.5, 0.6) is 0 Å². The number of alkyl halides is 6. The topological polar surface area (TPSA) is 155 Å². The van der Waals surface area contributed by atoms with Crippen LogP contribution in [0.3, 0.4) is 0 Å². The predicted molar refractivity (Wildman–Crippen MR) is 172 cm³/mol. The second-order valence-electron chi connectivity index (χ2n) is 11.5. The van der Waals surface area contributed by atoms with Gasteiger partial charge in [-0.25, -0.2) is 4.79 Å². The number of carbonyl (C=O) groups excluding carboxylic acids is 2. The van der Waals surface area contributed by atoms with E-state index in [0.29, 0.717) is 37.6 Å². The molecular formula is C30H29ClF6N10O4. The van der Waals surface area contributed by atoms with Gasteiger partial charge in [-0.3, -0.25) is 20.0 Å². The molecule has 0 saturated carbocycles. The number of halogens is 7. The van der Waals surface area contributed by atoms with Crippen molar-refractivity contribution in [1.82, 2.24) is 34.3 Å². The van der Waals surface area contributed by atoms with Gasteiger partial charge in [-0.05, 0) is 36.6 Å². The summed E-state index contributed by atoms with van der Waals surface area (Å²) in [6.07, 6.45) is -6.36. The molecule has 0 spiro atoms. The van der Waals surface area contributed by atoms with E-state index in [-0.39, 0.29) is 60.6 Å². The fourth-order valence-electron chi connectivity index (χ4n) is 5.84. The number of fused-ring (bicyclic) bond motifs is 1. The number of ether oxygens (including phenoxy) is 1. The Hall–Kier alpha value is -5.11. The molecule has 2 aliphatic rings. The van der Waals surface area contributed by atoms with Crippen LogP contribution in [0.25, 0.3) is 11.4 Å². The lowest BCUT2D eigenvalue weighted by Gasteiger charge is -2.36. The number of amides is 3. The summed E-state index contributed by atoms with van der Waals surface area (Å²) in [5, 5.41) is 14.4. The van der Waals surface area contributed by atoms with Gasteiger partial charge in [0.05, 0.1) is 41.4 Å². The van der Waals surface area contributed by atoms with E-state index >= 15 is 0 Å². The molecule has 0 unspecified atom stereocenters. The standard InChI is InChI=1S/C30H29ClF6N10O4/c1-2-21-23(44-7-9-45(10-8-44)28(50)41-25-18(14-38-42-25)30(35,36)37)26(49)47-27(40-24(43-47)16-5-11-51-12-6-16)46(21)15-22(48)39-20-4-3-17(13-19(20)31)29(32,33)34/h3-5,13-14H,2,6-12,15H2,1H3,(H,39,48)(H2,38,41,42,50). The fourth-order valence-corrected chi connectivity index (χ4v) is 6.06. The van der Waals surface area contributed by atoms with Crippen LogP contribution in [-0.2, 0) is 34.8 Å². The molecule has 1 fully saturated rings. The van der Waals surface area contributed by atoms with Gasteiger partial charge in [-0.15, -0.1) is 5.10 Å². The summed E-state index contributed by atoms with van der Waals surface area (Å²) in [5.41, 5.74) is -1.48. The number of piperazine rings is 1. The molecule has 21 heteroatoms. The summed E-state index contributed by atoms with van der Waals surface area (Å²) in [6, 6.07) is 1.71. The van der Waals surface area contributed by atoms with Crippen molar-refractivity contribution in [2.24, 2.45) is 0 Å². The Morgan fingerprint density at radius 3 is 2.43 bits per heavy atom. The highest BCUT2D eigenvalue weighted by Gasteiger charge is 2.37. The molecule has 272 valence electrons. The maximum atomic E-state index is 14.1. The Labute approximate surface area is 289 Å². The second-order valence-corrected chi connectivity index (χ2v) is 12.0. The zero-order valence-electron chi connectivity index (χ0n) is 26.7. The third kappa shape index (κ3) is 7.36. The summed E-state index contributed by atoms with van der Waals surface area (Å²) in [5.74, 6) is -1.01. The van der Waals surface area contributed by atoms with Gasteiger partial charge in [-0.1, -0.05) is 24.6 Å². The Kier molecular flexibility index (Phi) is 9.73. The number of nitrogens with one attached hydrogen (secondary N) is 3. The molecule has 1 aromatic carbocycles. The van der Waals surface area contributed by atoms with Gasteiger partial charge in [0.1, 0.15) is 23.6 Å². The predicted octanol–water partition coefficient (Wildman–Crippen LogP) is 4.66. The first-order chi connectivity index (χ1) is 24.2. The molecule has 0 atom stereocenters. The van der Waals surface area contributed by atoms with Crippen molar-refractivity contribution in [3.63, 3.8) is 0 Å². The monoisotopic (exact) mass is 742 g/mol. The van der Waals surface area contributed by atoms with Crippen LogP contribution >= 0.6 is 11.6 Å². The van der Waals surface area contributed by atoms with Gasteiger partial charge in [0.25, 0.3) is 5.56 Å². The minimum Gasteiger partial charge on any atom is -0.377 e. The maximum absolute atomic E-state index is 14.1. The maximum Gasteiger partial charge on any atom is 0.421 e. The van der Waals surface area contributed by atoms with Crippen molar-refractivity contribution in [1.29, 1.82) is 0 Å². The summed E-state index contributed by atoms with van der Waals surface area (Å²) < 4.78 is 87.3. The minimum absolute atomic E-state index is 0.0182. The second kappa shape index (κ2) is 13.9. The number of hydrogen-bond donors (Lipinski definition) is 3. The van der Waals surface area contributed by atoms with E-state index in [1.54, 1.807) is 17.9 Å². The molecule has 2 aliphatic heterocycles. The third-order valence-electron chi connectivity index (χ3n) is 8.34. The first kappa shape index (κ1) is 35.7. The lowest BCUT2D eigenvalue weighted by atomic mass is 10.1. The molecule has 5 heterocycles. The zero-order valence-corrected chi connectivity index (χ0v) is 27.4. The first-order valence-electron chi connectivity index (χ1n) is 15.5. The average Bonchev–Trinajstić information content (AvgIpc) is 3.75. The Balaban J connectivity index is 1.30. The molecule has 51 heavy (non-hydrogen) atoms. The molecule has 14 nitrogen and oxygen atoms in total. The minimum atomic E-state index is -4.74. The molecule has 4 aromatic rings. The Morgan fingerprint density at radius 1 is 1.06 bits per heavy atom. The molecule has 3 amide bonds. The SMILES string of the molecule is CCc1c(N2CCN(C(=O)Nc3[nH]ncc3C(F)(F)F)CC2)c(=O)n2nc(C3=CCOCC3)nc2n1CC(=O)Nc1ccc(C(F)(F)F)cc1Cl. The van der Waals surface area contributed by atoms with Crippen LogP contribution in [-0.4, -0.2) is 85.6 Å². The molecular weight excluding hydrogens is 714 g/mol. The van der Waals surface area contributed by atoms with Gasteiger partial charge < -0.3 is 24.4 Å². The smallest absolute Gasteiger partial charge is 0.377 e. The summed E-state index contributed by atoms with van der Waals surface area (Å²) in [4.78, 5) is 48.0. The number of urea groups is 1. The van der Waals surface area contributed by atoms with E-state index in [1.165, 1.54) is 9.47 Å². The Bertz CT molecular complexity index is 2060. The number of H-pyrrole nitrogens is 1. The van der Waals surface area contributed by atoms with Crippen LogP contribution in [0.4, 0.5) is 48.3 Å². The van der Waals surface area contributed by atoms with E-state index in [1.807, 2.05) is 0 Å². The summed E-state index contributed by atoms with van der Waals surface area (Å²) >= 11 is 6.07. The lowest BCUT2D eigenvalue weighted by Crippen LogP contribution is -2.52. The third-order valence-corrected chi connectivity index (χ3v) is 8.66. The van der Waals surface area contributed by atoms with Gasteiger partial charge in [0.2, 0.25) is 11.7 Å². The van der Waals surface area contributed by atoms with E-state index in [4.69, 9.17) is 16.3 Å². The van der Waals surface area contributed by atoms with Crippen molar-refractivity contribution in [2.45, 2.75) is 38.7 Å². The normalized spacial score (nSPS) is 15.6. The highest BCUT2D eigenvalue weighted by atomic mass is 35.5. The number of nitrogens with zero attached hydrogens (tertiary/aromatic N) is 7. The summed E-state index contributed by atoms with van der Waals surface area (Å²) in [7, 11) is 0. The number of rotatable bonds is 7. The van der Waals surface area contributed by atoms with Gasteiger partial charge in [0.15, 0.2) is 5.82 Å². The highest BCUT2D eigenvalue weighted by Crippen LogP contribution is 2.35. The molecule has 0 aliphatic carbocycles. The van der Waals surface area contributed by atoms with Crippen LogP contribution in [0.15, 0.2) is 35.3 Å². The average molecular weight is 743 g/mol. The van der Waals surface area contributed by atoms with Crippen LogP contribution < -0.4 is 21.1 Å². The number of anilines is 3. The molecule has 1 saturated heterocycles. The molecule has 0 bridgehead atoms. The largest absolute Gasteiger partial charge is 0.421 e.